The Labute approximate surface area is 145 Å². The SMILES string of the molecule is O=C(Nc1ccc(F)c(F)c1)N(Cc1ccccc1)C(CO)C1CC1. The molecule has 3 rings (SSSR count). The molecule has 6 heteroatoms. The number of hydrogen-bond acceptors (Lipinski definition) is 2. The minimum atomic E-state index is -1.02. The first-order valence-electron chi connectivity index (χ1n) is 8.26. The maximum absolute atomic E-state index is 13.4. The van der Waals surface area contributed by atoms with Gasteiger partial charge in [0.25, 0.3) is 0 Å². The van der Waals surface area contributed by atoms with Crippen molar-refractivity contribution in [1.82, 2.24) is 4.90 Å². The lowest BCUT2D eigenvalue weighted by Crippen LogP contribution is -2.45. The number of rotatable bonds is 6. The highest BCUT2D eigenvalue weighted by atomic mass is 19.2. The Hall–Kier alpha value is -2.47. The van der Waals surface area contributed by atoms with Crippen molar-refractivity contribution >= 4 is 11.7 Å². The van der Waals surface area contributed by atoms with Crippen LogP contribution in [0, 0.1) is 17.6 Å². The number of benzene rings is 2. The second kappa shape index (κ2) is 7.61. The van der Waals surface area contributed by atoms with Gasteiger partial charge >= 0.3 is 6.03 Å². The molecule has 1 atom stereocenters. The molecular weight excluding hydrogens is 326 g/mol. The zero-order chi connectivity index (χ0) is 17.8. The summed E-state index contributed by atoms with van der Waals surface area (Å²) < 4.78 is 26.4. The van der Waals surface area contributed by atoms with Gasteiger partial charge < -0.3 is 15.3 Å². The molecule has 132 valence electrons. The molecule has 0 bridgehead atoms. The summed E-state index contributed by atoms with van der Waals surface area (Å²) in [6, 6.07) is 11.9. The molecule has 0 heterocycles. The van der Waals surface area contributed by atoms with E-state index in [9.17, 15) is 18.7 Å². The van der Waals surface area contributed by atoms with Crippen LogP contribution in [0.2, 0.25) is 0 Å². The first-order chi connectivity index (χ1) is 12.1. The van der Waals surface area contributed by atoms with Crippen molar-refractivity contribution in [3.05, 3.63) is 65.7 Å². The number of aliphatic hydroxyl groups excluding tert-OH is 1. The van der Waals surface area contributed by atoms with Gasteiger partial charge in [-0.1, -0.05) is 30.3 Å². The predicted octanol–water partition coefficient (Wildman–Crippen LogP) is 3.77. The molecule has 0 saturated heterocycles. The van der Waals surface area contributed by atoms with Crippen LogP contribution in [-0.4, -0.2) is 28.7 Å². The fraction of sp³-hybridized carbons (Fsp3) is 0.316. The van der Waals surface area contributed by atoms with Crippen LogP contribution in [0.5, 0.6) is 0 Å². The molecule has 25 heavy (non-hydrogen) atoms. The number of nitrogens with one attached hydrogen (secondary N) is 1. The number of carbonyl (C=O) groups excluding carboxylic acids is 1. The van der Waals surface area contributed by atoms with E-state index in [2.05, 4.69) is 5.32 Å². The fourth-order valence-electron chi connectivity index (χ4n) is 2.87. The highest BCUT2D eigenvalue weighted by molar-refractivity contribution is 5.89. The van der Waals surface area contributed by atoms with Crippen LogP contribution in [0.3, 0.4) is 0 Å². The minimum Gasteiger partial charge on any atom is -0.394 e. The van der Waals surface area contributed by atoms with Crippen molar-refractivity contribution < 1.29 is 18.7 Å². The van der Waals surface area contributed by atoms with E-state index in [1.807, 2.05) is 30.3 Å². The fourth-order valence-corrected chi connectivity index (χ4v) is 2.87. The van der Waals surface area contributed by atoms with Crippen molar-refractivity contribution in [3.8, 4) is 0 Å². The second-order valence-corrected chi connectivity index (χ2v) is 6.26. The highest BCUT2D eigenvalue weighted by Gasteiger charge is 2.37. The highest BCUT2D eigenvalue weighted by Crippen LogP contribution is 2.36. The normalized spacial score (nSPS) is 14.8. The zero-order valence-corrected chi connectivity index (χ0v) is 13.7. The lowest BCUT2D eigenvalue weighted by Gasteiger charge is -2.31. The molecule has 0 spiro atoms. The third-order valence-electron chi connectivity index (χ3n) is 4.38. The average molecular weight is 346 g/mol. The second-order valence-electron chi connectivity index (χ2n) is 6.26. The summed E-state index contributed by atoms with van der Waals surface area (Å²) in [4.78, 5) is 14.3. The van der Waals surface area contributed by atoms with Gasteiger partial charge in [-0.25, -0.2) is 13.6 Å². The first kappa shape index (κ1) is 17.4. The maximum Gasteiger partial charge on any atom is 0.322 e. The summed E-state index contributed by atoms with van der Waals surface area (Å²) in [5.74, 6) is -1.72. The lowest BCUT2D eigenvalue weighted by atomic mass is 10.1. The molecular formula is C19H20F2N2O2. The van der Waals surface area contributed by atoms with Crippen LogP contribution in [0.1, 0.15) is 18.4 Å². The van der Waals surface area contributed by atoms with E-state index in [1.54, 1.807) is 4.90 Å². The van der Waals surface area contributed by atoms with E-state index in [-0.39, 0.29) is 24.3 Å². The van der Waals surface area contributed by atoms with Crippen molar-refractivity contribution in [2.75, 3.05) is 11.9 Å². The summed E-state index contributed by atoms with van der Waals surface area (Å²) >= 11 is 0. The van der Waals surface area contributed by atoms with E-state index in [4.69, 9.17) is 0 Å². The molecule has 2 aromatic carbocycles. The molecule has 4 nitrogen and oxygen atoms in total. The number of urea groups is 1. The van der Waals surface area contributed by atoms with Crippen LogP contribution < -0.4 is 5.32 Å². The van der Waals surface area contributed by atoms with Crippen LogP contribution in [-0.2, 0) is 6.54 Å². The standard InChI is InChI=1S/C19H20F2N2O2/c20-16-9-8-15(10-17(16)21)22-19(25)23(18(12-24)14-6-7-14)11-13-4-2-1-3-5-13/h1-5,8-10,14,18,24H,6-7,11-12H2,(H,22,25). The molecule has 1 unspecified atom stereocenters. The summed E-state index contributed by atoms with van der Waals surface area (Å²) in [5.41, 5.74) is 1.11. The summed E-state index contributed by atoms with van der Waals surface area (Å²) in [7, 11) is 0. The third kappa shape index (κ3) is 4.33. The van der Waals surface area contributed by atoms with Crippen LogP contribution >= 0.6 is 0 Å². The van der Waals surface area contributed by atoms with Gasteiger partial charge in [-0.15, -0.1) is 0 Å². The Morgan fingerprint density at radius 2 is 1.88 bits per heavy atom. The monoisotopic (exact) mass is 346 g/mol. The van der Waals surface area contributed by atoms with Gasteiger partial charge in [-0.2, -0.15) is 0 Å². The minimum absolute atomic E-state index is 0.136. The number of amides is 2. The molecule has 2 aromatic rings. The Morgan fingerprint density at radius 1 is 1.16 bits per heavy atom. The number of aliphatic hydroxyl groups is 1. The number of anilines is 1. The van der Waals surface area contributed by atoms with Gasteiger partial charge in [0.1, 0.15) is 0 Å². The average Bonchev–Trinajstić information content (AvgIpc) is 3.44. The Bertz CT molecular complexity index is 735. The van der Waals surface area contributed by atoms with Gasteiger partial charge in [0.15, 0.2) is 11.6 Å². The number of carbonyl (C=O) groups is 1. The molecule has 0 aromatic heterocycles. The molecule has 1 aliphatic carbocycles. The van der Waals surface area contributed by atoms with Crippen molar-refractivity contribution in [2.24, 2.45) is 5.92 Å². The van der Waals surface area contributed by atoms with Gasteiger partial charge in [-0.05, 0) is 36.5 Å². The molecule has 1 fully saturated rings. The Balaban J connectivity index is 1.79. The first-order valence-corrected chi connectivity index (χ1v) is 8.26. The van der Waals surface area contributed by atoms with Gasteiger partial charge in [0.05, 0.1) is 12.6 Å². The van der Waals surface area contributed by atoms with Crippen LogP contribution in [0.25, 0.3) is 0 Å². The van der Waals surface area contributed by atoms with E-state index in [0.717, 1.165) is 30.5 Å². The molecule has 1 aliphatic rings. The van der Waals surface area contributed by atoms with Gasteiger partial charge in [0, 0.05) is 18.3 Å². The van der Waals surface area contributed by atoms with Gasteiger partial charge in [0.2, 0.25) is 0 Å². The number of nitrogens with zero attached hydrogens (tertiary/aromatic N) is 1. The number of halogens is 2. The molecule has 0 aliphatic heterocycles. The van der Waals surface area contributed by atoms with Crippen molar-refractivity contribution in [3.63, 3.8) is 0 Å². The Morgan fingerprint density at radius 3 is 2.48 bits per heavy atom. The molecule has 0 radical (unpaired) electrons. The summed E-state index contributed by atoms with van der Waals surface area (Å²) in [6.07, 6.45) is 1.93. The maximum atomic E-state index is 13.4. The third-order valence-corrected chi connectivity index (χ3v) is 4.38. The van der Waals surface area contributed by atoms with E-state index in [1.165, 1.54) is 6.07 Å². The number of hydrogen-bond donors (Lipinski definition) is 2. The lowest BCUT2D eigenvalue weighted by molar-refractivity contribution is 0.124. The smallest absolute Gasteiger partial charge is 0.322 e. The van der Waals surface area contributed by atoms with Crippen molar-refractivity contribution in [1.29, 1.82) is 0 Å². The topological polar surface area (TPSA) is 52.6 Å². The Kier molecular flexibility index (Phi) is 5.28. The van der Waals surface area contributed by atoms with Crippen molar-refractivity contribution in [2.45, 2.75) is 25.4 Å². The predicted molar refractivity (Wildman–Crippen MR) is 91.0 cm³/mol. The van der Waals surface area contributed by atoms with E-state index >= 15 is 0 Å². The molecule has 1 saturated carbocycles. The molecule has 2 N–H and O–H groups in total. The largest absolute Gasteiger partial charge is 0.394 e. The van der Waals surface area contributed by atoms with Crippen LogP contribution in [0.4, 0.5) is 19.3 Å². The van der Waals surface area contributed by atoms with Crippen LogP contribution in [0.15, 0.2) is 48.5 Å². The summed E-state index contributed by atoms with van der Waals surface area (Å²) in [6.45, 7) is 0.195. The summed E-state index contributed by atoms with van der Waals surface area (Å²) in [5, 5.41) is 12.3. The van der Waals surface area contributed by atoms with E-state index < -0.39 is 17.7 Å². The quantitative estimate of drug-likeness (QED) is 0.837. The van der Waals surface area contributed by atoms with E-state index in [0.29, 0.717) is 6.54 Å². The van der Waals surface area contributed by atoms with Gasteiger partial charge in [-0.3, -0.25) is 0 Å². The molecule has 2 amide bonds. The zero-order valence-electron chi connectivity index (χ0n) is 13.7.